The molecule has 3 rings (SSSR count). The molecule has 1 unspecified atom stereocenters. The van der Waals surface area contributed by atoms with Crippen LogP contribution in [0.25, 0.3) is 0 Å². The van der Waals surface area contributed by atoms with Gasteiger partial charge >= 0.3 is 0 Å². The van der Waals surface area contributed by atoms with E-state index in [2.05, 4.69) is 16.7 Å². The average molecular weight is 274 g/mol. The normalized spacial score (nSPS) is 23.3. The molecule has 0 aromatic heterocycles. The molecule has 4 nitrogen and oxygen atoms in total. The van der Waals surface area contributed by atoms with Gasteiger partial charge in [-0.2, -0.15) is 0 Å². The van der Waals surface area contributed by atoms with E-state index in [9.17, 15) is 4.79 Å². The zero-order chi connectivity index (χ0) is 13.8. The molecule has 1 atom stereocenters. The number of amides is 1. The van der Waals surface area contributed by atoms with Crippen molar-refractivity contribution in [2.75, 3.05) is 19.7 Å². The Morgan fingerprint density at radius 2 is 2.00 bits per heavy atom. The van der Waals surface area contributed by atoms with Crippen molar-refractivity contribution in [3.05, 3.63) is 29.8 Å². The van der Waals surface area contributed by atoms with Crippen molar-refractivity contribution in [3.8, 4) is 5.75 Å². The molecule has 0 spiro atoms. The average Bonchev–Trinajstić information content (AvgIpc) is 2.71. The first kappa shape index (κ1) is 13.4. The lowest BCUT2D eigenvalue weighted by Crippen LogP contribution is -2.39. The van der Waals surface area contributed by atoms with Crippen molar-refractivity contribution < 1.29 is 9.53 Å². The van der Waals surface area contributed by atoms with Gasteiger partial charge in [-0.05, 0) is 44.8 Å². The number of benzene rings is 1. The van der Waals surface area contributed by atoms with Crippen LogP contribution < -0.4 is 15.4 Å². The van der Waals surface area contributed by atoms with E-state index >= 15 is 0 Å². The second-order valence-corrected chi connectivity index (χ2v) is 5.61. The van der Waals surface area contributed by atoms with E-state index in [1.807, 2.05) is 18.2 Å². The molecule has 0 radical (unpaired) electrons. The molecular weight excluding hydrogens is 252 g/mol. The Morgan fingerprint density at radius 3 is 2.85 bits per heavy atom. The predicted octanol–water partition coefficient (Wildman–Crippen LogP) is 2.02. The molecule has 1 fully saturated rings. The van der Waals surface area contributed by atoms with Gasteiger partial charge in [-0.25, -0.2) is 0 Å². The first-order valence-electron chi connectivity index (χ1n) is 7.57. The summed E-state index contributed by atoms with van der Waals surface area (Å²) in [5, 5.41) is 6.54. The maximum absolute atomic E-state index is 12.4. The summed E-state index contributed by atoms with van der Waals surface area (Å²) in [6.07, 6.45) is 3.81. The molecule has 0 aliphatic carbocycles. The highest BCUT2D eigenvalue weighted by Gasteiger charge is 2.26. The van der Waals surface area contributed by atoms with Crippen molar-refractivity contribution in [3.63, 3.8) is 0 Å². The van der Waals surface area contributed by atoms with Crippen LogP contribution in [0.2, 0.25) is 0 Å². The van der Waals surface area contributed by atoms with Gasteiger partial charge in [-0.3, -0.25) is 4.79 Å². The van der Waals surface area contributed by atoms with E-state index in [1.54, 1.807) is 0 Å². The topological polar surface area (TPSA) is 50.4 Å². The first-order chi connectivity index (χ1) is 9.84. The number of fused-ring (bicyclic) bond motifs is 1. The number of hydrogen-bond acceptors (Lipinski definition) is 3. The van der Waals surface area contributed by atoms with Crippen molar-refractivity contribution in [1.29, 1.82) is 0 Å². The Morgan fingerprint density at radius 1 is 1.20 bits per heavy atom. The number of piperidine rings is 1. The maximum atomic E-state index is 12.4. The maximum Gasteiger partial charge on any atom is 0.223 e. The van der Waals surface area contributed by atoms with Gasteiger partial charge in [0.2, 0.25) is 5.91 Å². The van der Waals surface area contributed by atoms with Crippen molar-refractivity contribution in [2.24, 2.45) is 5.92 Å². The Labute approximate surface area is 119 Å². The summed E-state index contributed by atoms with van der Waals surface area (Å²) in [5.41, 5.74) is 1.12. The van der Waals surface area contributed by atoms with Crippen LogP contribution in [-0.2, 0) is 4.79 Å². The van der Waals surface area contributed by atoms with E-state index in [-0.39, 0.29) is 17.9 Å². The van der Waals surface area contributed by atoms with Gasteiger partial charge in [0.1, 0.15) is 5.75 Å². The van der Waals surface area contributed by atoms with E-state index in [0.29, 0.717) is 0 Å². The molecule has 0 bridgehead atoms. The van der Waals surface area contributed by atoms with Crippen LogP contribution in [0.3, 0.4) is 0 Å². The standard InChI is InChI=1S/C16H22N2O2/c19-16(12-7-9-17-10-8-12)18-14-5-3-11-20-15-6-2-1-4-13(14)15/h1-2,4,6,12,14,17H,3,5,7-11H2,(H,18,19). The molecule has 1 aromatic rings. The monoisotopic (exact) mass is 274 g/mol. The summed E-state index contributed by atoms with van der Waals surface area (Å²) < 4.78 is 5.74. The molecule has 0 saturated carbocycles. The fourth-order valence-electron chi connectivity index (χ4n) is 3.05. The second-order valence-electron chi connectivity index (χ2n) is 5.61. The smallest absolute Gasteiger partial charge is 0.223 e. The van der Waals surface area contributed by atoms with E-state index in [4.69, 9.17) is 4.74 Å². The van der Waals surface area contributed by atoms with Crippen LogP contribution in [-0.4, -0.2) is 25.6 Å². The quantitative estimate of drug-likeness (QED) is 0.867. The fraction of sp³-hybridized carbons (Fsp3) is 0.562. The van der Waals surface area contributed by atoms with E-state index in [1.165, 1.54) is 0 Å². The molecule has 4 heteroatoms. The number of carbonyl (C=O) groups excluding carboxylic acids is 1. The molecule has 1 saturated heterocycles. The minimum Gasteiger partial charge on any atom is -0.493 e. The summed E-state index contributed by atoms with van der Waals surface area (Å²) in [7, 11) is 0. The molecule has 2 heterocycles. The van der Waals surface area contributed by atoms with Gasteiger partial charge in [0.25, 0.3) is 0 Å². The van der Waals surface area contributed by atoms with Gasteiger partial charge in [-0.1, -0.05) is 18.2 Å². The predicted molar refractivity (Wildman–Crippen MR) is 77.6 cm³/mol. The van der Waals surface area contributed by atoms with Crippen LogP contribution in [0.15, 0.2) is 24.3 Å². The largest absolute Gasteiger partial charge is 0.493 e. The lowest BCUT2D eigenvalue weighted by Gasteiger charge is -2.25. The Balaban J connectivity index is 1.71. The van der Waals surface area contributed by atoms with Crippen LogP contribution in [0.5, 0.6) is 5.75 Å². The zero-order valence-corrected chi connectivity index (χ0v) is 11.7. The lowest BCUT2D eigenvalue weighted by atomic mass is 9.95. The Hall–Kier alpha value is -1.55. The van der Waals surface area contributed by atoms with Crippen LogP contribution in [0, 0.1) is 5.92 Å². The summed E-state index contributed by atoms with van der Waals surface area (Å²) >= 11 is 0. The number of hydrogen-bond donors (Lipinski definition) is 2. The highest BCUT2D eigenvalue weighted by Crippen LogP contribution is 2.31. The second kappa shape index (κ2) is 6.27. The summed E-state index contributed by atoms with van der Waals surface area (Å²) in [5.74, 6) is 1.28. The molecule has 1 amide bonds. The van der Waals surface area contributed by atoms with Crippen LogP contribution in [0.1, 0.15) is 37.3 Å². The van der Waals surface area contributed by atoms with Gasteiger partial charge in [0.15, 0.2) is 0 Å². The van der Waals surface area contributed by atoms with Gasteiger partial charge in [0.05, 0.1) is 12.6 Å². The van der Waals surface area contributed by atoms with E-state index < -0.39 is 0 Å². The third kappa shape index (κ3) is 2.96. The third-order valence-corrected chi connectivity index (χ3v) is 4.22. The minimum atomic E-state index is 0.0936. The van der Waals surface area contributed by atoms with Gasteiger partial charge in [-0.15, -0.1) is 0 Å². The Bertz CT molecular complexity index is 469. The molecular formula is C16H22N2O2. The highest BCUT2D eigenvalue weighted by molar-refractivity contribution is 5.79. The Kier molecular flexibility index (Phi) is 4.21. The summed E-state index contributed by atoms with van der Waals surface area (Å²) in [6, 6.07) is 8.14. The molecule has 1 aromatic carbocycles. The fourth-order valence-corrected chi connectivity index (χ4v) is 3.05. The molecule has 2 N–H and O–H groups in total. The molecule has 20 heavy (non-hydrogen) atoms. The van der Waals surface area contributed by atoms with Crippen molar-refractivity contribution >= 4 is 5.91 Å². The third-order valence-electron chi connectivity index (χ3n) is 4.22. The summed E-state index contributed by atoms with van der Waals surface area (Å²) in [4.78, 5) is 12.4. The minimum absolute atomic E-state index is 0.0936. The van der Waals surface area contributed by atoms with E-state index in [0.717, 1.165) is 56.7 Å². The first-order valence-corrected chi connectivity index (χ1v) is 7.57. The number of rotatable bonds is 2. The summed E-state index contributed by atoms with van der Waals surface area (Å²) in [6.45, 7) is 2.63. The van der Waals surface area contributed by atoms with Gasteiger partial charge in [0, 0.05) is 11.5 Å². The lowest BCUT2D eigenvalue weighted by molar-refractivity contribution is -0.126. The van der Waals surface area contributed by atoms with Crippen LogP contribution in [0.4, 0.5) is 0 Å². The van der Waals surface area contributed by atoms with Crippen LogP contribution >= 0.6 is 0 Å². The van der Waals surface area contributed by atoms with Crippen molar-refractivity contribution in [2.45, 2.75) is 31.7 Å². The number of carbonyl (C=O) groups is 1. The molecule has 108 valence electrons. The molecule has 2 aliphatic rings. The molecule has 2 aliphatic heterocycles. The highest BCUT2D eigenvalue weighted by atomic mass is 16.5. The van der Waals surface area contributed by atoms with Crippen molar-refractivity contribution in [1.82, 2.24) is 10.6 Å². The SMILES string of the molecule is O=C(NC1CCCOc2ccccc21)C1CCNCC1. The number of para-hydroxylation sites is 1. The number of nitrogens with one attached hydrogen (secondary N) is 2. The number of ether oxygens (including phenoxy) is 1. The zero-order valence-electron chi connectivity index (χ0n) is 11.7. The van der Waals surface area contributed by atoms with Gasteiger partial charge < -0.3 is 15.4 Å².